The molecule has 1 aromatic carbocycles. The molecule has 0 saturated heterocycles. The van der Waals surface area contributed by atoms with E-state index in [1.807, 2.05) is 12.1 Å². The zero-order valence-corrected chi connectivity index (χ0v) is 12.8. The third kappa shape index (κ3) is 3.58. The average Bonchev–Trinajstić information content (AvgIpc) is 3.04. The molecule has 23 heavy (non-hydrogen) atoms. The van der Waals surface area contributed by atoms with Gasteiger partial charge in [0.2, 0.25) is 6.10 Å². The molecule has 0 unspecified atom stereocenters. The van der Waals surface area contributed by atoms with E-state index in [1.165, 1.54) is 0 Å². The van der Waals surface area contributed by atoms with Crippen molar-refractivity contribution in [3.05, 3.63) is 30.1 Å². The van der Waals surface area contributed by atoms with Crippen molar-refractivity contribution in [1.82, 2.24) is 20.2 Å². The summed E-state index contributed by atoms with van der Waals surface area (Å²) in [4.78, 5) is 12.1. The molecule has 0 fully saturated rings. The topological polar surface area (TPSA) is 88.4 Å². The summed E-state index contributed by atoms with van der Waals surface area (Å²) in [5.74, 6) is 1.18. The summed E-state index contributed by atoms with van der Waals surface area (Å²) in [6.45, 7) is 2.92. The molecule has 0 saturated carbocycles. The Morgan fingerprint density at radius 2 is 2.22 bits per heavy atom. The zero-order chi connectivity index (χ0) is 16.1. The largest absolute Gasteiger partial charge is 0.485 e. The van der Waals surface area contributed by atoms with Gasteiger partial charge in [0.05, 0.1) is 0 Å². The molecular formula is C15H18N4O4. The number of para-hydroxylation sites is 2. The number of aromatic nitrogens is 4. The molecule has 1 atom stereocenters. The second-order valence-corrected chi connectivity index (χ2v) is 5.14. The number of carbonyl (C=O) groups excluding carboxylic acids is 1. The van der Waals surface area contributed by atoms with E-state index in [2.05, 4.69) is 22.4 Å². The molecular weight excluding hydrogens is 300 g/mol. The van der Waals surface area contributed by atoms with Crippen molar-refractivity contribution in [3.63, 3.8) is 0 Å². The molecule has 3 rings (SSSR count). The van der Waals surface area contributed by atoms with Gasteiger partial charge >= 0.3 is 5.97 Å². The summed E-state index contributed by atoms with van der Waals surface area (Å²) in [7, 11) is 0. The molecule has 0 spiro atoms. The summed E-state index contributed by atoms with van der Waals surface area (Å²) in [6, 6.07) is 7.20. The molecule has 2 heterocycles. The van der Waals surface area contributed by atoms with E-state index in [0.29, 0.717) is 23.9 Å². The fourth-order valence-corrected chi connectivity index (χ4v) is 2.17. The highest BCUT2D eigenvalue weighted by molar-refractivity contribution is 5.75. The zero-order valence-electron chi connectivity index (χ0n) is 12.8. The highest BCUT2D eigenvalue weighted by atomic mass is 16.6. The lowest BCUT2D eigenvalue weighted by Crippen LogP contribution is -2.37. The highest BCUT2D eigenvalue weighted by Gasteiger charge is 2.29. The molecule has 1 aliphatic heterocycles. The van der Waals surface area contributed by atoms with Gasteiger partial charge in [-0.25, -0.2) is 9.48 Å². The number of hydrogen-bond donors (Lipinski definition) is 0. The van der Waals surface area contributed by atoms with E-state index in [1.54, 1.807) is 16.8 Å². The molecule has 8 heteroatoms. The summed E-state index contributed by atoms with van der Waals surface area (Å²) < 4.78 is 18.0. The van der Waals surface area contributed by atoms with Gasteiger partial charge in [0.25, 0.3) is 0 Å². The molecule has 2 aromatic rings. The van der Waals surface area contributed by atoms with Crippen molar-refractivity contribution in [3.8, 4) is 11.5 Å². The van der Waals surface area contributed by atoms with Crippen molar-refractivity contribution in [1.29, 1.82) is 0 Å². The van der Waals surface area contributed by atoms with Crippen LogP contribution in [0.5, 0.6) is 11.5 Å². The van der Waals surface area contributed by atoms with Gasteiger partial charge in [0.15, 0.2) is 23.9 Å². The van der Waals surface area contributed by atoms with Crippen LogP contribution in [0.25, 0.3) is 0 Å². The van der Waals surface area contributed by atoms with E-state index in [0.717, 1.165) is 12.8 Å². The lowest BCUT2D eigenvalue weighted by Gasteiger charge is -2.24. The van der Waals surface area contributed by atoms with Crippen LogP contribution in [-0.4, -0.2) is 38.9 Å². The lowest BCUT2D eigenvalue weighted by atomic mass is 10.2. The van der Waals surface area contributed by atoms with Crippen LogP contribution in [0.1, 0.15) is 25.6 Å². The Hall–Kier alpha value is -2.64. The Morgan fingerprint density at radius 3 is 3.04 bits per heavy atom. The first kappa shape index (κ1) is 15.3. The summed E-state index contributed by atoms with van der Waals surface area (Å²) >= 11 is 0. The van der Waals surface area contributed by atoms with Gasteiger partial charge in [-0.05, 0) is 29.0 Å². The number of carbonyl (C=O) groups is 1. The predicted molar refractivity (Wildman–Crippen MR) is 78.9 cm³/mol. The molecule has 0 N–H and O–H groups in total. The van der Waals surface area contributed by atoms with Gasteiger partial charge in [-0.3, -0.25) is 0 Å². The molecule has 0 radical (unpaired) electrons. The Balaban J connectivity index is 1.55. The van der Waals surface area contributed by atoms with Crippen molar-refractivity contribution in [2.45, 2.75) is 39.0 Å². The van der Waals surface area contributed by atoms with Crippen LogP contribution < -0.4 is 9.47 Å². The molecule has 0 amide bonds. The number of benzene rings is 1. The Labute approximate surface area is 133 Å². The molecule has 0 bridgehead atoms. The maximum Gasteiger partial charge on any atom is 0.351 e. The van der Waals surface area contributed by atoms with Gasteiger partial charge < -0.3 is 14.2 Å². The maximum atomic E-state index is 12.1. The van der Waals surface area contributed by atoms with Gasteiger partial charge in [0.1, 0.15) is 6.61 Å². The van der Waals surface area contributed by atoms with Crippen LogP contribution in [-0.2, 0) is 22.7 Å². The lowest BCUT2D eigenvalue weighted by molar-refractivity contribution is -0.156. The standard InChI is InChI=1S/C15H18N4O4/c1-2-3-8-19-14(16-17-18-19)10-22-15(20)13-9-21-11-6-4-5-7-12(11)23-13/h4-7,13H,2-3,8-10H2,1H3/t13-/m1/s1. The monoisotopic (exact) mass is 318 g/mol. The summed E-state index contributed by atoms with van der Waals surface area (Å²) in [5.41, 5.74) is 0. The number of nitrogens with zero attached hydrogens (tertiary/aromatic N) is 4. The van der Waals surface area contributed by atoms with E-state index >= 15 is 0 Å². The van der Waals surface area contributed by atoms with Crippen LogP contribution in [0, 0.1) is 0 Å². The van der Waals surface area contributed by atoms with E-state index < -0.39 is 12.1 Å². The molecule has 0 aliphatic carbocycles. The van der Waals surface area contributed by atoms with Crippen LogP contribution in [0.2, 0.25) is 0 Å². The van der Waals surface area contributed by atoms with Crippen molar-refractivity contribution >= 4 is 5.97 Å². The van der Waals surface area contributed by atoms with Crippen LogP contribution >= 0.6 is 0 Å². The number of tetrazole rings is 1. The fourth-order valence-electron chi connectivity index (χ4n) is 2.17. The number of unbranched alkanes of at least 4 members (excludes halogenated alkanes) is 1. The molecule has 1 aromatic heterocycles. The number of esters is 1. The fraction of sp³-hybridized carbons (Fsp3) is 0.467. The van der Waals surface area contributed by atoms with Gasteiger partial charge in [-0.2, -0.15) is 0 Å². The number of ether oxygens (including phenoxy) is 3. The predicted octanol–water partition coefficient (Wildman–Crippen LogP) is 1.36. The van der Waals surface area contributed by atoms with Crippen LogP contribution in [0.3, 0.4) is 0 Å². The van der Waals surface area contributed by atoms with Crippen molar-refractivity contribution in [2.75, 3.05) is 6.61 Å². The van der Waals surface area contributed by atoms with E-state index in [4.69, 9.17) is 14.2 Å². The highest BCUT2D eigenvalue weighted by Crippen LogP contribution is 2.31. The smallest absolute Gasteiger partial charge is 0.351 e. The average molecular weight is 318 g/mol. The number of fused-ring (bicyclic) bond motifs is 1. The molecule has 1 aliphatic rings. The minimum atomic E-state index is -0.787. The Bertz CT molecular complexity index is 673. The third-order valence-corrected chi connectivity index (χ3v) is 3.44. The van der Waals surface area contributed by atoms with Gasteiger partial charge in [0, 0.05) is 6.54 Å². The van der Waals surface area contributed by atoms with Crippen molar-refractivity contribution in [2.24, 2.45) is 0 Å². The van der Waals surface area contributed by atoms with Gasteiger partial charge in [-0.1, -0.05) is 25.5 Å². The van der Waals surface area contributed by atoms with E-state index in [-0.39, 0.29) is 13.2 Å². The maximum absolute atomic E-state index is 12.1. The normalized spacial score (nSPS) is 16.1. The first-order valence-electron chi connectivity index (χ1n) is 7.58. The minimum absolute atomic E-state index is 0.0110. The van der Waals surface area contributed by atoms with Gasteiger partial charge in [-0.15, -0.1) is 5.10 Å². The summed E-state index contributed by atoms with van der Waals surface area (Å²) in [5, 5.41) is 11.4. The number of rotatable bonds is 6. The quantitative estimate of drug-likeness (QED) is 0.743. The Morgan fingerprint density at radius 1 is 1.39 bits per heavy atom. The van der Waals surface area contributed by atoms with Crippen molar-refractivity contribution < 1.29 is 19.0 Å². The Kier molecular flexibility index (Phi) is 4.70. The summed E-state index contributed by atoms with van der Waals surface area (Å²) in [6.07, 6.45) is 1.21. The minimum Gasteiger partial charge on any atom is -0.485 e. The number of hydrogen-bond acceptors (Lipinski definition) is 7. The van der Waals surface area contributed by atoms with Crippen LogP contribution in [0.4, 0.5) is 0 Å². The SMILES string of the molecule is CCCCn1nnnc1COC(=O)[C@H]1COc2ccccc2O1. The first-order chi connectivity index (χ1) is 11.3. The van der Waals surface area contributed by atoms with E-state index in [9.17, 15) is 4.79 Å². The second-order valence-electron chi connectivity index (χ2n) is 5.14. The second kappa shape index (κ2) is 7.08. The third-order valence-electron chi connectivity index (χ3n) is 3.44. The molecule has 8 nitrogen and oxygen atoms in total. The molecule has 122 valence electrons. The first-order valence-corrected chi connectivity index (χ1v) is 7.58. The van der Waals surface area contributed by atoms with Crippen LogP contribution in [0.15, 0.2) is 24.3 Å². The number of aryl methyl sites for hydroxylation is 1.